The number of rotatable bonds is 7. The van der Waals surface area contributed by atoms with E-state index < -0.39 is 0 Å². The zero-order valence-corrected chi connectivity index (χ0v) is 12.5. The molecule has 0 spiro atoms. The monoisotopic (exact) mass is 282 g/mol. The number of nitrogens with one attached hydrogen (secondary N) is 1. The molecular weight excluding hydrogens is 260 g/mol. The first-order chi connectivity index (χ1) is 9.17. The number of carbonyl (C=O) groups is 1. The molecular formula is C15H23ClN2O. The van der Waals surface area contributed by atoms with Gasteiger partial charge in [-0.2, -0.15) is 0 Å². The molecule has 0 atom stereocenters. The summed E-state index contributed by atoms with van der Waals surface area (Å²) in [5.41, 5.74) is 1.14. The summed E-state index contributed by atoms with van der Waals surface area (Å²) in [6, 6.07) is 7.77. The van der Waals surface area contributed by atoms with Crippen LogP contribution in [-0.2, 0) is 6.42 Å². The van der Waals surface area contributed by atoms with Crippen molar-refractivity contribution in [3.63, 3.8) is 0 Å². The van der Waals surface area contributed by atoms with E-state index in [-0.39, 0.29) is 6.03 Å². The van der Waals surface area contributed by atoms with E-state index >= 15 is 0 Å². The maximum atomic E-state index is 12.0. The van der Waals surface area contributed by atoms with Crippen LogP contribution in [0.3, 0.4) is 0 Å². The summed E-state index contributed by atoms with van der Waals surface area (Å²) in [7, 11) is 0. The van der Waals surface area contributed by atoms with E-state index in [1.807, 2.05) is 29.2 Å². The fourth-order valence-electron chi connectivity index (χ4n) is 1.97. The summed E-state index contributed by atoms with van der Waals surface area (Å²) in [5, 5.41) is 3.70. The molecule has 1 N–H and O–H groups in total. The molecule has 0 aromatic heterocycles. The fourth-order valence-corrected chi connectivity index (χ4v) is 2.19. The number of urea groups is 1. The number of hydrogen-bond acceptors (Lipinski definition) is 1. The molecule has 0 fully saturated rings. The van der Waals surface area contributed by atoms with Crippen molar-refractivity contribution in [1.82, 2.24) is 10.2 Å². The Bertz CT molecular complexity index is 389. The summed E-state index contributed by atoms with van der Waals surface area (Å²) in [6.07, 6.45) is 2.78. The summed E-state index contributed by atoms with van der Waals surface area (Å²) >= 11 is 5.92. The largest absolute Gasteiger partial charge is 0.338 e. The highest BCUT2D eigenvalue weighted by atomic mass is 35.5. The predicted octanol–water partition coefficient (Wildman–Crippen LogP) is 3.71. The standard InChI is InChI=1S/C15H23ClN2O/c1-3-10-18(11-4-2)15(19)17-9-8-13-6-5-7-14(16)12-13/h5-7,12H,3-4,8-11H2,1-2H3,(H,17,19). The predicted molar refractivity (Wildman–Crippen MR) is 80.7 cm³/mol. The number of halogens is 1. The first-order valence-electron chi connectivity index (χ1n) is 6.94. The lowest BCUT2D eigenvalue weighted by Gasteiger charge is -2.21. The third-order valence-electron chi connectivity index (χ3n) is 2.85. The molecule has 0 heterocycles. The Morgan fingerprint density at radius 2 is 1.95 bits per heavy atom. The minimum Gasteiger partial charge on any atom is -0.338 e. The van der Waals surface area contributed by atoms with Crippen LogP contribution in [0.5, 0.6) is 0 Å². The van der Waals surface area contributed by atoms with Crippen LogP contribution < -0.4 is 5.32 Å². The minimum atomic E-state index is 0.0331. The molecule has 2 amide bonds. The summed E-state index contributed by atoms with van der Waals surface area (Å²) in [6.45, 7) is 6.45. The van der Waals surface area contributed by atoms with Crippen LogP contribution in [0.2, 0.25) is 5.02 Å². The average Bonchev–Trinajstić information content (AvgIpc) is 2.38. The normalized spacial score (nSPS) is 10.3. The maximum absolute atomic E-state index is 12.0. The molecule has 0 radical (unpaired) electrons. The molecule has 19 heavy (non-hydrogen) atoms. The van der Waals surface area contributed by atoms with Crippen LogP contribution in [0.1, 0.15) is 32.3 Å². The summed E-state index contributed by atoms with van der Waals surface area (Å²) < 4.78 is 0. The Morgan fingerprint density at radius 1 is 1.26 bits per heavy atom. The molecule has 0 aliphatic carbocycles. The third-order valence-corrected chi connectivity index (χ3v) is 3.09. The van der Waals surface area contributed by atoms with Crippen molar-refractivity contribution in [3.05, 3.63) is 34.9 Å². The molecule has 106 valence electrons. The lowest BCUT2D eigenvalue weighted by molar-refractivity contribution is 0.198. The fraction of sp³-hybridized carbons (Fsp3) is 0.533. The summed E-state index contributed by atoms with van der Waals surface area (Å²) in [5.74, 6) is 0. The molecule has 0 unspecified atom stereocenters. The highest BCUT2D eigenvalue weighted by Crippen LogP contribution is 2.10. The Balaban J connectivity index is 2.36. The van der Waals surface area contributed by atoms with Gasteiger partial charge in [0.25, 0.3) is 0 Å². The van der Waals surface area contributed by atoms with E-state index in [1.54, 1.807) is 0 Å². The smallest absolute Gasteiger partial charge is 0.317 e. The van der Waals surface area contributed by atoms with Crippen LogP contribution in [-0.4, -0.2) is 30.6 Å². The van der Waals surface area contributed by atoms with Gasteiger partial charge in [0.15, 0.2) is 0 Å². The van der Waals surface area contributed by atoms with Crippen molar-refractivity contribution in [2.45, 2.75) is 33.1 Å². The van der Waals surface area contributed by atoms with Crippen molar-refractivity contribution in [3.8, 4) is 0 Å². The molecule has 0 saturated heterocycles. The van der Waals surface area contributed by atoms with Crippen LogP contribution in [0.15, 0.2) is 24.3 Å². The Morgan fingerprint density at radius 3 is 2.53 bits per heavy atom. The van der Waals surface area contributed by atoms with Gasteiger partial charge in [-0.15, -0.1) is 0 Å². The number of amides is 2. The van der Waals surface area contributed by atoms with E-state index in [2.05, 4.69) is 19.2 Å². The second kappa shape index (κ2) is 8.81. The lowest BCUT2D eigenvalue weighted by Crippen LogP contribution is -2.41. The first kappa shape index (κ1) is 15.8. The molecule has 0 saturated carbocycles. The van der Waals surface area contributed by atoms with E-state index in [9.17, 15) is 4.79 Å². The van der Waals surface area contributed by atoms with Gasteiger partial charge < -0.3 is 10.2 Å². The van der Waals surface area contributed by atoms with Gasteiger partial charge in [-0.05, 0) is 37.0 Å². The molecule has 1 aromatic carbocycles. The van der Waals surface area contributed by atoms with Gasteiger partial charge in [0.1, 0.15) is 0 Å². The average molecular weight is 283 g/mol. The number of benzene rings is 1. The van der Waals surface area contributed by atoms with Gasteiger partial charge in [-0.25, -0.2) is 4.79 Å². The van der Waals surface area contributed by atoms with Crippen molar-refractivity contribution in [1.29, 1.82) is 0 Å². The first-order valence-corrected chi connectivity index (χ1v) is 7.32. The maximum Gasteiger partial charge on any atom is 0.317 e. The highest BCUT2D eigenvalue weighted by Gasteiger charge is 2.10. The van der Waals surface area contributed by atoms with Crippen molar-refractivity contribution < 1.29 is 4.79 Å². The zero-order chi connectivity index (χ0) is 14.1. The Labute approximate surface area is 120 Å². The molecule has 0 bridgehead atoms. The van der Waals surface area contributed by atoms with E-state index in [4.69, 9.17) is 11.6 Å². The van der Waals surface area contributed by atoms with E-state index in [1.165, 1.54) is 0 Å². The second-order valence-electron chi connectivity index (χ2n) is 4.60. The third kappa shape index (κ3) is 5.97. The highest BCUT2D eigenvalue weighted by molar-refractivity contribution is 6.30. The van der Waals surface area contributed by atoms with Crippen LogP contribution in [0.4, 0.5) is 4.79 Å². The van der Waals surface area contributed by atoms with Crippen molar-refractivity contribution in [2.24, 2.45) is 0 Å². The molecule has 1 aromatic rings. The topological polar surface area (TPSA) is 32.3 Å². The van der Waals surface area contributed by atoms with Gasteiger partial charge >= 0.3 is 6.03 Å². The quantitative estimate of drug-likeness (QED) is 0.812. The van der Waals surface area contributed by atoms with Gasteiger partial charge in [0.05, 0.1) is 0 Å². The minimum absolute atomic E-state index is 0.0331. The SMILES string of the molecule is CCCN(CCC)C(=O)NCCc1cccc(Cl)c1. The van der Waals surface area contributed by atoms with Crippen molar-refractivity contribution in [2.75, 3.05) is 19.6 Å². The van der Waals surface area contributed by atoms with Crippen LogP contribution in [0, 0.1) is 0 Å². The number of nitrogens with zero attached hydrogens (tertiary/aromatic N) is 1. The Kier molecular flexibility index (Phi) is 7.34. The molecule has 1 rings (SSSR count). The van der Waals surface area contributed by atoms with Crippen molar-refractivity contribution >= 4 is 17.6 Å². The van der Waals surface area contributed by atoms with Gasteiger partial charge in [-0.3, -0.25) is 0 Å². The second-order valence-corrected chi connectivity index (χ2v) is 5.04. The Hall–Kier alpha value is -1.22. The van der Waals surface area contributed by atoms with E-state index in [0.29, 0.717) is 6.54 Å². The molecule has 0 aliphatic heterocycles. The molecule has 3 nitrogen and oxygen atoms in total. The number of carbonyl (C=O) groups excluding carboxylic acids is 1. The van der Waals surface area contributed by atoms with Crippen LogP contribution >= 0.6 is 11.6 Å². The lowest BCUT2D eigenvalue weighted by atomic mass is 10.1. The van der Waals surface area contributed by atoms with Gasteiger partial charge in [0, 0.05) is 24.7 Å². The van der Waals surface area contributed by atoms with E-state index in [0.717, 1.165) is 42.9 Å². The number of hydrogen-bond donors (Lipinski definition) is 1. The molecule has 0 aliphatic rings. The van der Waals surface area contributed by atoms with Gasteiger partial charge in [0.2, 0.25) is 0 Å². The summed E-state index contributed by atoms with van der Waals surface area (Å²) in [4.78, 5) is 13.8. The zero-order valence-electron chi connectivity index (χ0n) is 11.8. The molecule has 4 heteroatoms. The van der Waals surface area contributed by atoms with Crippen LogP contribution in [0.25, 0.3) is 0 Å². The van der Waals surface area contributed by atoms with Gasteiger partial charge in [-0.1, -0.05) is 37.6 Å².